The third kappa shape index (κ3) is 1.32. The van der Waals surface area contributed by atoms with Gasteiger partial charge in [0.2, 0.25) is 0 Å². The molecule has 2 heterocycles. The van der Waals surface area contributed by atoms with Crippen molar-refractivity contribution in [1.82, 2.24) is 9.97 Å². The summed E-state index contributed by atoms with van der Waals surface area (Å²) in [6.45, 7) is 3.01. The maximum atomic E-state index is 4.35. The predicted molar refractivity (Wildman–Crippen MR) is 63.6 cm³/mol. The van der Waals surface area contributed by atoms with Gasteiger partial charge in [0.05, 0.1) is 5.39 Å². The fourth-order valence-electron chi connectivity index (χ4n) is 2.23. The van der Waals surface area contributed by atoms with E-state index >= 15 is 0 Å². The monoisotopic (exact) mass is 219 g/mol. The number of nitrogens with zero attached hydrogens (tertiary/aromatic N) is 2. The lowest BCUT2D eigenvalue weighted by molar-refractivity contribution is 0.917. The van der Waals surface area contributed by atoms with E-state index in [-0.39, 0.29) is 0 Å². The van der Waals surface area contributed by atoms with E-state index in [9.17, 15) is 0 Å². The summed E-state index contributed by atoms with van der Waals surface area (Å²) in [7, 11) is 0. The summed E-state index contributed by atoms with van der Waals surface area (Å²) >= 11 is 1.84. The number of nitrogens with one attached hydrogen (secondary N) is 1. The Morgan fingerprint density at radius 3 is 3.20 bits per heavy atom. The van der Waals surface area contributed by atoms with Crippen molar-refractivity contribution in [2.45, 2.75) is 26.2 Å². The molecular formula is C11H13N3S. The molecule has 0 amide bonds. The van der Waals surface area contributed by atoms with E-state index < -0.39 is 0 Å². The van der Waals surface area contributed by atoms with Crippen LogP contribution >= 0.6 is 11.3 Å². The van der Waals surface area contributed by atoms with Crippen LogP contribution in [-0.4, -0.2) is 16.5 Å². The van der Waals surface area contributed by atoms with Gasteiger partial charge in [0, 0.05) is 11.4 Å². The summed E-state index contributed by atoms with van der Waals surface area (Å²) in [4.78, 5) is 11.3. The van der Waals surface area contributed by atoms with Crippen LogP contribution in [0.5, 0.6) is 0 Å². The minimum atomic E-state index is 0.913. The molecule has 0 atom stereocenters. The lowest BCUT2D eigenvalue weighted by Crippen LogP contribution is -2.00. The average molecular weight is 219 g/mol. The highest BCUT2D eigenvalue weighted by Gasteiger charge is 2.20. The van der Waals surface area contributed by atoms with Crippen LogP contribution in [0.4, 0.5) is 5.82 Å². The molecule has 3 rings (SSSR count). The Balaban J connectivity index is 2.27. The van der Waals surface area contributed by atoms with Gasteiger partial charge >= 0.3 is 0 Å². The average Bonchev–Trinajstić information content (AvgIpc) is 2.77. The van der Waals surface area contributed by atoms with Gasteiger partial charge in [0.15, 0.2) is 0 Å². The number of fused-ring (bicyclic) bond motifs is 3. The smallest absolute Gasteiger partial charge is 0.138 e. The second-order valence-electron chi connectivity index (χ2n) is 3.79. The zero-order chi connectivity index (χ0) is 10.3. The van der Waals surface area contributed by atoms with E-state index in [0.717, 1.165) is 17.2 Å². The molecule has 0 aromatic carbocycles. The first-order valence-corrected chi connectivity index (χ1v) is 6.21. The van der Waals surface area contributed by atoms with E-state index in [0.29, 0.717) is 0 Å². The van der Waals surface area contributed by atoms with Crippen molar-refractivity contribution in [3.8, 4) is 0 Å². The lowest BCUT2D eigenvalue weighted by atomic mass is 10.2. The second kappa shape index (κ2) is 3.45. The first-order valence-electron chi connectivity index (χ1n) is 5.39. The molecule has 1 aliphatic carbocycles. The molecule has 0 spiro atoms. The van der Waals surface area contributed by atoms with Crippen LogP contribution < -0.4 is 5.32 Å². The summed E-state index contributed by atoms with van der Waals surface area (Å²) < 4.78 is 0. The largest absolute Gasteiger partial charge is 0.370 e. The molecular weight excluding hydrogens is 206 g/mol. The van der Waals surface area contributed by atoms with Gasteiger partial charge in [0.1, 0.15) is 17.0 Å². The van der Waals surface area contributed by atoms with Crippen LogP contribution in [0.25, 0.3) is 10.2 Å². The molecule has 0 radical (unpaired) electrons. The Morgan fingerprint density at radius 1 is 1.40 bits per heavy atom. The third-order valence-electron chi connectivity index (χ3n) is 2.85. The van der Waals surface area contributed by atoms with Crippen molar-refractivity contribution in [3.63, 3.8) is 0 Å². The molecule has 0 fully saturated rings. The highest BCUT2D eigenvalue weighted by Crippen LogP contribution is 2.38. The van der Waals surface area contributed by atoms with Gasteiger partial charge in [-0.3, -0.25) is 0 Å². The quantitative estimate of drug-likeness (QED) is 0.843. The first-order chi connectivity index (χ1) is 7.40. The highest BCUT2D eigenvalue weighted by molar-refractivity contribution is 7.19. The van der Waals surface area contributed by atoms with Gasteiger partial charge in [-0.25, -0.2) is 9.97 Å². The third-order valence-corrected chi connectivity index (χ3v) is 4.05. The van der Waals surface area contributed by atoms with Gasteiger partial charge in [-0.15, -0.1) is 11.3 Å². The van der Waals surface area contributed by atoms with Crippen LogP contribution in [-0.2, 0) is 12.8 Å². The molecule has 1 N–H and O–H groups in total. The van der Waals surface area contributed by atoms with Crippen LogP contribution in [0.15, 0.2) is 6.33 Å². The first kappa shape index (κ1) is 9.09. The van der Waals surface area contributed by atoms with Crippen LogP contribution in [0, 0.1) is 0 Å². The summed E-state index contributed by atoms with van der Waals surface area (Å²) in [5.41, 5.74) is 1.49. The van der Waals surface area contributed by atoms with Gasteiger partial charge in [-0.2, -0.15) is 0 Å². The van der Waals surface area contributed by atoms with E-state index in [4.69, 9.17) is 0 Å². The topological polar surface area (TPSA) is 37.8 Å². The van der Waals surface area contributed by atoms with E-state index in [1.165, 1.54) is 35.1 Å². The zero-order valence-corrected chi connectivity index (χ0v) is 9.52. The maximum Gasteiger partial charge on any atom is 0.138 e. The highest BCUT2D eigenvalue weighted by atomic mass is 32.1. The number of anilines is 1. The molecule has 0 saturated carbocycles. The van der Waals surface area contributed by atoms with Crippen LogP contribution in [0.3, 0.4) is 0 Å². The Bertz CT molecular complexity index is 504. The minimum absolute atomic E-state index is 0.913. The van der Waals surface area contributed by atoms with Crippen LogP contribution in [0.2, 0.25) is 0 Å². The molecule has 1 aliphatic rings. The molecule has 3 nitrogen and oxygen atoms in total. The normalized spacial score (nSPS) is 14.5. The summed E-state index contributed by atoms with van der Waals surface area (Å²) in [6, 6.07) is 0. The van der Waals surface area contributed by atoms with Gasteiger partial charge in [-0.05, 0) is 31.7 Å². The van der Waals surface area contributed by atoms with Crippen molar-refractivity contribution in [1.29, 1.82) is 0 Å². The number of thiophene rings is 1. The summed E-state index contributed by atoms with van der Waals surface area (Å²) in [5, 5.41) is 4.60. The number of aromatic nitrogens is 2. The standard InChI is InChI=1S/C11H13N3S/c1-2-12-10-9-7-4-3-5-8(7)15-11(9)14-6-13-10/h6H,2-5H2,1H3,(H,12,13,14). The number of hydrogen-bond acceptors (Lipinski definition) is 4. The summed E-state index contributed by atoms with van der Waals surface area (Å²) in [5.74, 6) is 1.02. The minimum Gasteiger partial charge on any atom is -0.370 e. The maximum absolute atomic E-state index is 4.35. The Kier molecular flexibility index (Phi) is 2.09. The molecule has 2 aromatic heterocycles. The van der Waals surface area contributed by atoms with Crippen LogP contribution in [0.1, 0.15) is 23.8 Å². The zero-order valence-electron chi connectivity index (χ0n) is 8.71. The van der Waals surface area contributed by atoms with Crippen molar-refractivity contribution in [2.24, 2.45) is 0 Å². The van der Waals surface area contributed by atoms with Gasteiger partial charge < -0.3 is 5.32 Å². The molecule has 0 aliphatic heterocycles. The van der Waals surface area contributed by atoms with Crippen molar-refractivity contribution in [2.75, 3.05) is 11.9 Å². The van der Waals surface area contributed by atoms with E-state index in [1.807, 2.05) is 11.3 Å². The molecule has 0 bridgehead atoms. The second-order valence-corrected chi connectivity index (χ2v) is 4.87. The molecule has 78 valence electrons. The number of rotatable bonds is 2. The fourth-order valence-corrected chi connectivity index (χ4v) is 3.46. The Labute approximate surface area is 92.6 Å². The van der Waals surface area contributed by atoms with E-state index in [1.54, 1.807) is 6.33 Å². The fraction of sp³-hybridized carbons (Fsp3) is 0.455. The van der Waals surface area contributed by atoms with Crippen molar-refractivity contribution in [3.05, 3.63) is 16.8 Å². The van der Waals surface area contributed by atoms with Crippen molar-refractivity contribution < 1.29 is 0 Å². The molecule has 0 unspecified atom stereocenters. The Hall–Kier alpha value is -1.16. The van der Waals surface area contributed by atoms with Crippen molar-refractivity contribution >= 4 is 27.4 Å². The number of aryl methyl sites for hydroxylation is 2. The molecule has 0 saturated heterocycles. The summed E-state index contributed by atoms with van der Waals surface area (Å²) in [6.07, 6.45) is 5.37. The predicted octanol–water partition coefficient (Wildman–Crippen LogP) is 2.61. The lowest BCUT2D eigenvalue weighted by Gasteiger charge is -2.04. The SMILES string of the molecule is CCNc1ncnc2sc3c(c12)CCC3. The van der Waals surface area contributed by atoms with E-state index in [2.05, 4.69) is 22.2 Å². The number of hydrogen-bond donors (Lipinski definition) is 1. The molecule has 4 heteroatoms. The Morgan fingerprint density at radius 2 is 2.33 bits per heavy atom. The van der Waals surface area contributed by atoms with Gasteiger partial charge in [0.25, 0.3) is 0 Å². The molecule has 2 aromatic rings. The molecule has 15 heavy (non-hydrogen) atoms. The van der Waals surface area contributed by atoms with Gasteiger partial charge in [-0.1, -0.05) is 0 Å².